The molecule has 1 aromatic heterocycles. The van der Waals surface area contributed by atoms with Gasteiger partial charge in [0.05, 0.1) is 5.52 Å². The number of anilines is 2. The smallest absolute Gasteiger partial charge is 0.349 e. The molecule has 6 nitrogen and oxygen atoms in total. The number of nitrogens with zero attached hydrogens (tertiary/aromatic N) is 2. The molecule has 0 radical (unpaired) electrons. The van der Waals surface area contributed by atoms with Gasteiger partial charge in [0.2, 0.25) is 0 Å². The van der Waals surface area contributed by atoms with Crippen molar-refractivity contribution in [3.63, 3.8) is 0 Å². The highest BCUT2D eigenvalue weighted by molar-refractivity contribution is 6.30. The predicted molar refractivity (Wildman–Crippen MR) is 93.9 cm³/mol. The summed E-state index contributed by atoms with van der Waals surface area (Å²) in [6.07, 6.45) is 0. The minimum Gasteiger partial charge on any atom is -0.369 e. The Balaban J connectivity index is 1.70. The fraction of sp³-hybridized carbons (Fsp3) is 0.118. The molecule has 2 heterocycles. The molecule has 0 aliphatic carbocycles. The number of amides is 1. The molecule has 1 amide bonds. The first-order valence-electron chi connectivity index (χ1n) is 7.47. The van der Waals surface area contributed by atoms with Gasteiger partial charge in [-0.25, -0.2) is 4.79 Å². The van der Waals surface area contributed by atoms with Crippen molar-refractivity contribution in [3.05, 3.63) is 63.5 Å². The molecule has 0 bridgehead atoms. The highest BCUT2D eigenvalue weighted by Gasteiger charge is 2.16. The van der Waals surface area contributed by atoms with E-state index in [-0.39, 0.29) is 11.6 Å². The van der Waals surface area contributed by atoms with Crippen LogP contribution in [0.3, 0.4) is 0 Å². The molecule has 1 aliphatic heterocycles. The van der Waals surface area contributed by atoms with Crippen molar-refractivity contribution >= 4 is 39.9 Å². The Labute approximate surface area is 142 Å². The topological polar surface area (TPSA) is 76.0 Å². The Morgan fingerprint density at radius 2 is 2.00 bits per heavy atom. The first-order valence-corrected chi connectivity index (χ1v) is 7.85. The Morgan fingerprint density at radius 1 is 1.21 bits per heavy atom. The zero-order chi connectivity index (χ0) is 16.7. The van der Waals surface area contributed by atoms with Gasteiger partial charge in [-0.15, -0.1) is 0 Å². The molecule has 0 atom stereocenters. The van der Waals surface area contributed by atoms with Crippen molar-refractivity contribution in [1.29, 1.82) is 0 Å². The molecule has 120 valence electrons. The van der Waals surface area contributed by atoms with Crippen molar-refractivity contribution in [2.75, 3.05) is 17.2 Å². The molecule has 0 unspecified atom stereocenters. The summed E-state index contributed by atoms with van der Waals surface area (Å²) in [7, 11) is 0. The van der Waals surface area contributed by atoms with Crippen molar-refractivity contribution < 1.29 is 4.79 Å². The summed E-state index contributed by atoms with van der Waals surface area (Å²) in [5.74, 6) is 0.518. The Hall–Kier alpha value is -2.86. The summed E-state index contributed by atoms with van der Waals surface area (Å²) in [4.78, 5) is 28.3. The summed E-state index contributed by atoms with van der Waals surface area (Å²) < 4.78 is 1.60. The number of halogens is 1. The zero-order valence-electron chi connectivity index (χ0n) is 12.5. The van der Waals surface area contributed by atoms with Crippen LogP contribution in [-0.2, 0) is 6.54 Å². The number of hydrogen-bond acceptors (Lipinski definition) is 4. The first kappa shape index (κ1) is 14.7. The fourth-order valence-electron chi connectivity index (χ4n) is 2.79. The second kappa shape index (κ2) is 5.65. The van der Waals surface area contributed by atoms with Gasteiger partial charge in [0.15, 0.2) is 0 Å². The number of benzene rings is 2. The van der Waals surface area contributed by atoms with E-state index >= 15 is 0 Å². The lowest BCUT2D eigenvalue weighted by Crippen LogP contribution is -2.21. The lowest BCUT2D eigenvalue weighted by molar-refractivity contribution is 0.102. The number of carbonyl (C=O) groups is 1. The maximum Gasteiger partial charge on any atom is 0.349 e. The van der Waals surface area contributed by atoms with E-state index in [4.69, 9.17) is 11.6 Å². The maximum atomic E-state index is 12.3. The molecular formula is C17H13ClN4O2. The van der Waals surface area contributed by atoms with Gasteiger partial charge in [-0.2, -0.15) is 4.98 Å². The van der Waals surface area contributed by atoms with Gasteiger partial charge in [-0.3, -0.25) is 9.36 Å². The second-order valence-corrected chi connectivity index (χ2v) is 5.95. The quantitative estimate of drug-likeness (QED) is 0.752. The third kappa shape index (κ3) is 2.51. The zero-order valence-corrected chi connectivity index (χ0v) is 13.3. The summed E-state index contributed by atoms with van der Waals surface area (Å²) in [6.45, 7) is 1.29. The average molecular weight is 341 g/mol. The molecule has 0 saturated carbocycles. The van der Waals surface area contributed by atoms with E-state index in [1.54, 1.807) is 41.0 Å². The van der Waals surface area contributed by atoms with E-state index in [1.165, 1.54) is 0 Å². The predicted octanol–water partition coefficient (Wildman–Crippen LogP) is 2.73. The fourth-order valence-corrected chi connectivity index (χ4v) is 2.92. The van der Waals surface area contributed by atoms with Crippen LogP contribution < -0.4 is 16.3 Å². The minimum absolute atomic E-state index is 0.225. The van der Waals surface area contributed by atoms with Gasteiger partial charge in [-0.05, 0) is 42.5 Å². The van der Waals surface area contributed by atoms with Crippen molar-refractivity contribution in [2.45, 2.75) is 6.54 Å². The van der Waals surface area contributed by atoms with Crippen LogP contribution in [0.4, 0.5) is 11.5 Å². The largest absolute Gasteiger partial charge is 0.369 e. The molecule has 4 rings (SSSR count). The number of nitrogens with one attached hydrogen (secondary N) is 2. The standard InChI is InChI=1S/C17H13ClN4O2/c18-11-3-1-10(2-4-11)16(23)20-12-5-6-14-13(9-12)15-19-7-8-22(15)17(24)21-14/h1-6,9,19H,7-8H2,(H,20,23). The van der Waals surface area contributed by atoms with Crippen LogP contribution in [-0.4, -0.2) is 22.0 Å². The molecule has 7 heteroatoms. The number of fused-ring (bicyclic) bond motifs is 3. The molecular weight excluding hydrogens is 328 g/mol. The molecule has 2 N–H and O–H groups in total. The normalized spacial score (nSPS) is 12.7. The summed E-state index contributed by atoms with van der Waals surface area (Å²) in [6, 6.07) is 12.0. The van der Waals surface area contributed by atoms with Gasteiger partial charge in [0, 0.05) is 34.7 Å². The molecule has 24 heavy (non-hydrogen) atoms. The van der Waals surface area contributed by atoms with Crippen molar-refractivity contribution in [2.24, 2.45) is 0 Å². The van der Waals surface area contributed by atoms with E-state index in [0.29, 0.717) is 34.9 Å². The van der Waals surface area contributed by atoms with Gasteiger partial charge >= 0.3 is 5.69 Å². The van der Waals surface area contributed by atoms with Crippen LogP contribution in [0, 0.1) is 0 Å². The van der Waals surface area contributed by atoms with Crippen molar-refractivity contribution in [1.82, 2.24) is 9.55 Å². The van der Waals surface area contributed by atoms with Gasteiger partial charge in [0.1, 0.15) is 5.82 Å². The van der Waals surface area contributed by atoms with Crippen LogP contribution in [0.1, 0.15) is 10.4 Å². The highest BCUT2D eigenvalue weighted by atomic mass is 35.5. The lowest BCUT2D eigenvalue weighted by atomic mass is 10.2. The monoisotopic (exact) mass is 340 g/mol. The number of hydrogen-bond donors (Lipinski definition) is 2. The molecule has 1 aliphatic rings. The first-order chi connectivity index (χ1) is 11.6. The summed E-state index contributed by atoms with van der Waals surface area (Å²) in [5, 5.41) is 7.43. The summed E-state index contributed by atoms with van der Waals surface area (Å²) in [5.41, 5.74) is 1.50. The highest BCUT2D eigenvalue weighted by Crippen LogP contribution is 2.26. The molecule has 0 fully saturated rings. The van der Waals surface area contributed by atoms with Gasteiger partial charge in [0.25, 0.3) is 5.91 Å². The van der Waals surface area contributed by atoms with Crippen molar-refractivity contribution in [3.8, 4) is 0 Å². The van der Waals surface area contributed by atoms with Gasteiger partial charge < -0.3 is 10.6 Å². The number of carbonyl (C=O) groups excluding carboxylic acids is 1. The van der Waals surface area contributed by atoms with Crippen LogP contribution >= 0.6 is 11.6 Å². The Morgan fingerprint density at radius 3 is 2.79 bits per heavy atom. The van der Waals surface area contributed by atoms with E-state index in [0.717, 1.165) is 11.2 Å². The SMILES string of the molecule is O=C(Nc1ccc2nc(=O)n3c(c2c1)NCC3)c1ccc(Cl)cc1. The van der Waals surface area contributed by atoms with Crippen LogP contribution in [0.5, 0.6) is 0 Å². The molecule has 2 aromatic carbocycles. The van der Waals surface area contributed by atoms with E-state index in [1.807, 2.05) is 6.07 Å². The minimum atomic E-state index is -0.263. The molecule has 0 spiro atoms. The Kier molecular flexibility index (Phi) is 3.46. The Bertz CT molecular complexity index is 1010. The molecule has 0 saturated heterocycles. The number of aromatic nitrogens is 2. The molecule has 3 aromatic rings. The van der Waals surface area contributed by atoms with Gasteiger partial charge in [-0.1, -0.05) is 11.6 Å². The third-order valence-corrected chi connectivity index (χ3v) is 4.21. The lowest BCUT2D eigenvalue weighted by Gasteiger charge is -2.09. The van der Waals surface area contributed by atoms with E-state index < -0.39 is 0 Å². The van der Waals surface area contributed by atoms with Crippen LogP contribution in [0.25, 0.3) is 10.9 Å². The summed E-state index contributed by atoms with van der Waals surface area (Å²) >= 11 is 5.84. The van der Waals surface area contributed by atoms with E-state index in [9.17, 15) is 9.59 Å². The van der Waals surface area contributed by atoms with E-state index in [2.05, 4.69) is 15.6 Å². The van der Waals surface area contributed by atoms with Crippen LogP contribution in [0.2, 0.25) is 5.02 Å². The second-order valence-electron chi connectivity index (χ2n) is 5.51. The maximum absolute atomic E-state index is 12.3. The average Bonchev–Trinajstić information content (AvgIpc) is 3.07. The number of rotatable bonds is 2. The third-order valence-electron chi connectivity index (χ3n) is 3.96. The van der Waals surface area contributed by atoms with Crippen LogP contribution in [0.15, 0.2) is 47.3 Å².